The standard InChI is InChI=1S/C34H37NO5/c1-22(29-10-6-7-11-30(29)27-17-26-14-15-39-32(26)31(18-27)33(37)38)40-21-28(36)20-35-34(2,3)19-23-12-13-24-8-4-5-9-25(24)16-23/h4-13,16-18,22,28,35-36H,14-15,19-21H2,1-3H3,(H,37,38)/t22-,28-/m1/s1. The van der Waals surface area contributed by atoms with Crippen molar-refractivity contribution >= 4 is 16.7 Å². The summed E-state index contributed by atoms with van der Waals surface area (Å²) in [5.41, 5.74) is 4.81. The lowest BCUT2D eigenvalue weighted by molar-refractivity contribution is -0.00397. The molecule has 3 N–H and O–H groups in total. The predicted octanol–water partition coefficient (Wildman–Crippen LogP) is 6.19. The maximum Gasteiger partial charge on any atom is 0.339 e. The molecule has 0 saturated heterocycles. The highest BCUT2D eigenvalue weighted by atomic mass is 16.5. The van der Waals surface area contributed by atoms with Gasteiger partial charge in [-0.1, -0.05) is 66.7 Å². The molecular formula is C34H37NO5. The van der Waals surface area contributed by atoms with Gasteiger partial charge in [0.25, 0.3) is 0 Å². The van der Waals surface area contributed by atoms with Crippen LogP contribution >= 0.6 is 0 Å². The Kier molecular flexibility index (Phi) is 8.22. The maximum atomic E-state index is 11.9. The van der Waals surface area contributed by atoms with Gasteiger partial charge in [-0.2, -0.15) is 0 Å². The van der Waals surface area contributed by atoms with E-state index in [9.17, 15) is 15.0 Å². The first-order valence-corrected chi connectivity index (χ1v) is 13.8. The second-order valence-electron chi connectivity index (χ2n) is 11.3. The Morgan fingerprint density at radius 1 is 1.02 bits per heavy atom. The molecule has 40 heavy (non-hydrogen) atoms. The molecule has 5 rings (SSSR count). The van der Waals surface area contributed by atoms with Crippen molar-refractivity contribution in [2.24, 2.45) is 0 Å². The number of benzene rings is 4. The van der Waals surface area contributed by atoms with E-state index in [1.54, 1.807) is 6.07 Å². The van der Waals surface area contributed by atoms with Crippen LogP contribution in [0, 0.1) is 0 Å². The van der Waals surface area contributed by atoms with E-state index in [2.05, 4.69) is 55.6 Å². The quantitative estimate of drug-likeness (QED) is 0.211. The number of rotatable bonds is 11. The Labute approximate surface area is 235 Å². The minimum atomic E-state index is -0.999. The molecule has 2 atom stereocenters. The molecule has 6 nitrogen and oxygen atoms in total. The van der Waals surface area contributed by atoms with E-state index in [0.29, 0.717) is 25.3 Å². The predicted molar refractivity (Wildman–Crippen MR) is 158 cm³/mol. The minimum absolute atomic E-state index is 0.174. The molecule has 0 aliphatic carbocycles. The smallest absolute Gasteiger partial charge is 0.339 e. The number of β-amino-alcohol motifs (C(OH)–C–C–N with tert-alkyl or cyclic N) is 1. The summed E-state index contributed by atoms with van der Waals surface area (Å²) in [7, 11) is 0. The molecule has 1 aliphatic heterocycles. The molecule has 0 spiro atoms. The number of hydrogen-bond acceptors (Lipinski definition) is 5. The van der Waals surface area contributed by atoms with Crippen molar-refractivity contribution in [3.05, 3.63) is 101 Å². The fourth-order valence-electron chi connectivity index (χ4n) is 5.46. The van der Waals surface area contributed by atoms with Crippen molar-refractivity contribution in [2.45, 2.75) is 51.4 Å². The molecule has 4 aromatic rings. The van der Waals surface area contributed by atoms with Crippen molar-refractivity contribution in [2.75, 3.05) is 19.8 Å². The molecule has 0 radical (unpaired) electrons. The van der Waals surface area contributed by atoms with Crippen molar-refractivity contribution in [1.29, 1.82) is 0 Å². The van der Waals surface area contributed by atoms with Gasteiger partial charge in [0.15, 0.2) is 0 Å². The van der Waals surface area contributed by atoms with Crippen molar-refractivity contribution in [3.63, 3.8) is 0 Å². The van der Waals surface area contributed by atoms with Crippen LogP contribution in [0.2, 0.25) is 0 Å². The van der Waals surface area contributed by atoms with E-state index in [1.807, 2.05) is 43.3 Å². The largest absolute Gasteiger partial charge is 0.492 e. The highest BCUT2D eigenvalue weighted by Gasteiger charge is 2.24. The minimum Gasteiger partial charge on any atom is -0.492 e. The highest BCUT2D eigenvalue weighted by Crippen LogP contribution is 2.37. The first kappa shape index (κ1) is 27.8. The van der Waals surface area contributed by atoms with Crippen LogP contribution < -0.4 is 10.1 Å². The highest BCUT2D eigenvalue weighted by molar-refractivity contribution is 5.94. The lowest BCUT2D eigenvalue weighted by Crippen LogP contribution is -2.46. The molecule has 6 heteroatoms. The molecule has 0 amide bonds. The molecule has 0 aromatic heterocycles. The monoisotopic (exact) mass is 539 g/mol. The van der Waals surface area contributed by atoms with E-state index in [-0.39, 0.29) is 23.8 Å². The van der Waals surface area contributed by atoms with Crippen LogP contribution in [0.25, 0.3) is 21.9 Å². The van der Waals surface area contributed by atoms with Crippen LogP contribution in [0.15, 0.2) is 78.9 Å². The Hall–Kier alpha value is -3.71. The van der Waals surface area contributed by atoms with Crippen molar-refractivity contribution in [3.8, 4) is 16.9 Å². The number of ether oxygens (including phenoxy) is 2. The third-order valence-corrected chi connectivity index (χ3v) is 7.54. The molecule has 0 unspecified atom stereocenters. The summed E-state index contributed by atoms with van der Waals surface area (Å²) in [4.78, 5) is 11.9. The lowest BCUT2D eigenvalue weighted by atomic mass is 9.93. The summed E-state index contributed by atoms with van der Waals surface area (Å²) < 4.78 is 11.7. The first-order chi connectivity index (χ1) is 19.2. The van der Waals surface area contributed by atoms with E-state index < -0.39 is 12.1 Å². The van der Waals surface area contributed by atoms with Crippen LogP contribution in [-0.2, 0) is 17.6 Å². The van der Waals surface area contributed by atoms with E-state index >= 15 is 0 Å². The molecule has 0 saturated carbocycles. The number of nitrogens with one attached hydrogen (secondary N) is 1. The summed E-state index contributed by atoms with van der Waals surface area (Å²) >= 11 is 0. The van der Waals surface area contributed by atoms with Crippen molar-refractivity contribution in [1.82, 2.24) is 5.32 Å². The number of carboxylic acid groups (broad SMARTS) is 1. The van der Waals surface area contributed by atoms with Gasteiger partial charge in [0, 0.05) is 18.5 Å². The van der Waals surface area contributed by atoms with Gasteiger partial charge >= 0.3 is 5.97 Å². The van der Waals surface area contributed by atoms with Crippen LogP contribution in [0.1, 0.15) is 53.9 Å². The average molecular weight is 540 g/mol. The summed E-state index contributed by atoms with van der Waals surface area (Å²) in [6.45, 7) is 7.31. The van der Waals surface area contributed by atoms with Crippen LogP contribution in [0.5, 0.6) is 5.75 Å². The Balaban J connectivity index is 1.20. The number of aromatic carboxylic acids is 1. The molecule has 1 heterocycles. The zero-order valence-electron chi connectivity index (χ0n) is 23.3. The number of hydrogen-bond donors (Lipinski definition) is 3. The van der Waals surface area contributed by atoms with Gasteiger partial charge in [0.05, 0.1) is 25.4 Å². The third-order valence-electron chi connectivity index (χ3n) is 7.54. The Morgan fingerprint density at radius 2 is 1.77 bits per heavy atom. The molecule has 4 aromatic carbocycles. The summed E-state index contributed by atoms with van der Waals surface area (Å²) in [6, 6.07) is 26.4. The van der Waals surface area contributed by atoms with Crippen LogP contribution in [0.3, 0.4) is 0 Å². The number of aliphatic hydroxyl groups is 1. The van der Waals surface area contributed by atoms with Crippen molar-refractivity contribution < 1.29 is 24.5 Å². The van der Waals surface area contributed by atoms with Crippen LogP contribution in [-0.4, -0.2) is 47.6 Å². The molecule has 0 bridgehead atoms. The van der Waals surface area contributed by atoms with Gasteiger partial charge < -0.3 is 25.0 Å². The van der Waals surface area contributed by atoms with Gasteiger partial charge in [-0.15, -0.1) is 0 Å². The van der Waals surface area contributed by atoms with Gasteiger partial charge in [0.2, 0.25) is 0 Å². The third kappa shape index (κ3) is 6.36. The number of carbonyl (C=O) groups is 1. The average Bonchev–Trinajstić information content (AvgIpc) is 3.43. The van der Waals surface area contributed by atoms with E-state index in [0.717, 1.165) is 28.7 Å². The van der Waals surface area contributed by atoms with Gasteiger partial charge in [-0.05, 0) is 77.9 Å². The Morgan fingerprint density at radius 3 is 2.58 bits per heavy atom. The molecule has 0 fully saturated rings. The maximum absolute atomic E-state index is 11.9. The first-order valence-electron chi connectivity index (χ1n) is 13.8. The zero-order chi connectivity index (χ0) is 28.3. The molecule has 1 aliphatic rings. The zero-order valence-corrected chi connectivity index (χ0v) is 23.3. The van der Waals surface area contributed by atoms with E-state index in [1.165, 1.54) is 16.3 Å². The topological polar surface area (TPSA) is 88.0 Å². The number of carboxylic acids is 1. The second-order valence-corrected chi connectivity index (χ2v) is 11.3. The van der Waals surface area contributed by atoms with Crippen LogP contribution in [0.4, 0.5) is 0 Å². The Bertz CT molecular complexity index is 1510. The molecule has 208 valence electrons. The number of fused-ring (bicyclic) bond motifs is 2. The SMILES string of the molecule is C[C@@H](OC[C@H](O)CNC(C)(C)Cc1ccc2ccccc2c1)c1ccccc1-c1cc2c(c(C(=O)O)c1)OCC2. The molecular weight excluding hydrogens is 502 g/mol. The second kappa shape index (κ2) is 11.8. The summed E-state index contributed by atoms with van der Waals surface area (Å²) in [6.07, 6.45) is 0.545. The van der Waals surface area contributed by atoms with Gasteiger partial charge in [-0.25, -0.2) is 4.79 Å². The summed E-state index contributed by atoms with van der Waals surface area (Å²) in [5.74, 6) is -0.530. The van der Waals surface area contributed by atoms with Gasteiger partial charge in [-0.3, -0.25) is 0 Å². The lowest BCUT2D eigenvalue weighted by Gasteiger charge is -2.28. The summed E-state index contributed by atoms with van der Waals surface area (Å²) in [5, 5.41) is 26.4. The normalized spacial score (nSPS) is 14.5. The van der Waals surface area contributed by atoms with E-state index in [4.69, 9.17) is 9.47 Å². The van der Waals surface area contributed by atoms with Gasteiger partial charge in [0.1, 0.15) is 11.3 Å². The number of aliphatic hydroxyl groups excluding tert-OH is 1. The fourth-order valence-corrected chi connectivity index (χ4v) is 5.46. The fraction of sp³-hybridized carbons (Fsp3) is 0.324.